The number of amides is 1. The van der Waals surface area contributed by atoms with Crippen molar-refractivity contribution in [1.29, 1.82) is 0 Å². The number of aromatic nitrogens is 1. The fourth-order valence-electron chi connectivity index (χ4n) is 4.32. The number of rotatable bonds is 14. The standard InChI is InChI=1S/C29H30FN3O6S/c30-27(29(35)36)39-25-15-14-21(23-16-18-31-26(23)25)19-24(33-40(37,38)22-12-5-2-6-13-22)28(34)32-17-8-7-11-20-9-3-1-4-10-20/h1-6,9-10,12-16,18,24,27,31,33H,7-8,11,17,19H2,(H,32,34)(H,35,36)/p-1. The van der Waals surface area contributed by atoms with Crippen LogP contribution in [0.5, 0.6) is 5.75 Å². The Hall–Kier alpha value is -4.22. The number of hydrogen-bond acceptors (Lipinski definition) is 6. The SMILES string of the molecule is O=C(NCCCCc1ccccc1)C(Cc1ccc(OC(F)C(=O)[O-])c2[nH]ccc12)NS(=O)(=O)c1ccccc1. The highest BCUT2D eigenvalue weighted by Crippen LogP contribution is 2.29. The van der Waals surface area contributed by atoms with Gasteiger partial charge in [-0.25, -0.2) is 8.42 Å². The second kappa shape index (κ2) is 13.2. The van der Waals surface area contributed by atoms with E-state index in [9.17, 15) is 27.5 Å². The van der Waals surface area contributed by atoms with E-state index in [4.69, 9.17) is 4.74 Å². The molecule has 4 aromatic rings. The van der Waals surface area contributed by atoms with E-state index < -0.39 is 34.3 Å². The van der Waals surface area contributed by atoms with Crippen molar-refractivity contribution in [3.05, 3.63) is 96.2 Å². The minimum absolute atomic E-state index is 0.0162. The third-order valence-electron chi connectivity index (χ3n) is 6.32. The van der Waals surface area contributed by atoms with Gasteiger partial charge in [0, 0.05) is 18.1 Å². The van der Waals surface area contributed by atoms with E-state index in [-0.39, 0.29) is 17.1 Å². The van der Waals surface area contributed by atoms with Gasteiger partial charge in [0.25, 0.3) is 6.36 Å². The average molecular weight is 567 g/mol. The maximum atomic E-state index is 13.7. The zero-order valence-corrected chi connectivity index (χ0v) is 22.3. The summed E-state index contributed by atoms with van der Waals surface area (Å²) in [6, 6.07) is 21.1. The number of alkyl halides is 1. The van der Waals surface area contributed by atoms with E-state index in [1.807, 2.05) is 30.3 Å². The minimum Gasteiger partial charge on any atom is -0.543 e. The van der Waals surface area contributed by atoms with Crippen molar-refractivity contribution >= 4 is 32.8 Å². The van der Waals surface area contributed by atoms with Crippen molar-refractivity contribution < 1.29 is 32.2 Å². The first-order valence-electron chi connectivity index (χ1n) is 12.7. The third-order valence-corrected chi connectivity index (χ3v) is 7.80. The lowest BCUT2D eigenvalue weighted by atomic mass is 10.0. The highest BCUT2D eigenvalue weighted by atomic mass is 32.2. The van der Waals surface area contributed by atoms with Crippen LogP contribution in [0.1, 0.15) is 24.0 Å². The van der Waals surface area contributed by atoms with Gasteiger partial charge in [-0.05, 0) is 61.1 Å². The molecule has 1 aromatic heterocycles. The number of carboxylic acid groups (broad SMARTS) is 1. The van der Waals surface area contributed by atoms with Crippen molar-refractivity contribution in [2.24, 2.45) is 0 Å². The van der Waals surface area contributed by atoms with Gasteiger partial charge in [0.15, 0.2) is 0 Å². The number of nitrogens with one attached hydrogen (secondary N) is 3. The number of halogens is 1. The van der Waals surface area contributed by atoms with Gasteiger partial charge < -0.3 is 24.9 Å². The topological polar surface area (TPSA) is 140 Å². The Balaban J connectivity index is 1.50. The minimum atomic E-state index is -4.03. The molecule has 3 aromatic carbocycles. The summed E-state index contributed by atoms with van der Waals surface area (Å²) >= 11 is 0. The van der Waals surface area contributed by atoms with Crippen LogP contribution in [0.3, 0.4) is 0 Å². The quantitative estimate of drug-likeness (QED) is 0.201. The van der Waals surface area contributed by atoms with E-state index in [2.05, 4.69) is 15.0 Å². The Morgan fingerprint density at radius 1 is 0.950 bits per heavy atom. The molecule has 0 aliphatic heterocycles. The molecule has 0 aliphatic carbocycles. The van der Waals surface area contributed by atoms with Gasteiger partial charge in [-0.15, -0.1) is 0 Å². The van der Waals surface area contributed by atoms with E-state index in [1.54, 1.807) is 30.5 Å². The highest BCUT2D eigenvalue weighted by molar-refractivity contribution is 7.89. The number of carboxylic acids is 1. The van der Waals surface area contributed by atoms with Crippen LogP contribution < -0.4 is 19.9 Å². The molecule has 11 heteroatoms. The molecular weight excluding hydrogens is 537 g/mol. The first-order chi connectivity index (χ1) is 19.2. The van der Waals surface area contributed by atoms with Crippen molar-refractivity contribution in [2.45, 2.75) is 43.0 Å². The summed E-state index contributed by atoms with van der Waals surface area (Å²) < 4.78 is 47.2. The zero-order chi connectivity index (χ0) is 28.5. The number of aryl methyl sites for hydroxylation is 1. The molecule has 0 aliphatic rings. The monoisotopic (exact) mass is 566 g/mol. The predicted octanol–water partition coefficient (Wildman–Crippen LogP) is 2.62. The average Bonchev–Trinajstić information content (AvgIpc) is 3.45. The van der Waals surface area contributed by atoms with Crippen molar-refractivity contribution in [3.8, 4) is 5.75 Å². The van der Waals surface area contributed by atoms with E-state index >= 15 is 0 Å². The van der Waals surface area contributed by atoms with Crippen LogP contribution in [0.15, 0.2) is 90.0 Å². The molecule has 40 heavy (non-hydrogen) atoms. The molecule has 0 saturated heterocycles. The number of sulfonamides is 1. The molecule has 0 bridgehead atoms. The smallest absolute Gasteiger partial charge is 0.278 e. The maximum absolute atomic E-state index is 13.7. The lowest BCUT2D eigenvalue weighted by Gasteiger charge is -2.20. The molecule has 210 valence electrons. The molecule has 0 saturated carbocycles. The van der Waals surface area contributed by atoms with Crippen LogP contribution in [-0.4, -0.2) is 44.2 Å². The maximum Gasteiger partial charge on any atom is 0.278 e. The van der Waals surface area contributed by atoms with E-state index in [0.29, 0.717) is 29.4 Å². The normalized spacial score (nSPS) is 13.0. The molecule has 0 spiro atoms. The summed E-state index contributed by atoms with van der Waals surface area (Å²) in [6.45, 7) is 0.364. The molecule has 4 rings (SSSR count). The number of benzene rings is 3. The van der Waals surface area contributed by atoms with Crippen LogP contribution >= 0.6 is 0 Å². The molecular formula is C29H29FN3O6S-. The number of ether oxygens (including phenoxy) is 1. The lowest BCUT2D eigenvalue weighted by Crippen LogP contribution is -2.48. The van der Waals surface area contributed by atoms with Crippen LogP contribution in [0.4, 0.5) is 4.39 Å². The summed E-state index contributed by atoms with van der Waals surface area (Å²) in [5, 5.41) is 14.1. The fraction of sp³-hybridized carbons (Fsp3) is 0.241. The zero-order valence-electron chi connectivity index (χ0n) is 21.5. The largest absolute Gasteiger partial charge is 0.543 e. The number of unbranched alkanes of at least 4 members (excludes halogenated alkanes) is 1. The van der Waals surface area contributed by atoms with E-state index in [1.165, 1.54) is 29.8 Å². The van der Waals surface area contributed by atoms with Crippen molar-refractivity contribution in [3.63, 3.8) is 0 Å². The Bertz CT molecular complexity index is 1540. The summed E-state index contributed by atoms with van der Waals surface area (Å²) in [7, 11) is -4.03. The molecule has 2 unspecified atom stereocenters. The van der Waals surface area contributed by atoms with Crippen LogP contribution in [-0.2, 0) is 32.5 Å². The predicted molar refractivity (Wildman–Crippen MR) is 145 cm³/mol. The first kappa shape index (κ1) is 28.8. The number of carbonyl (C=O) groups excluding carboxylic acids is 2. The van der Waals surface area contributed by atoms with Crippen LogP contribution in [0.25, 0.3) is 10.9 Å². The second-order valence-electron chi connectivity index (χ2n) is 9.17. The number of hydrogen-bond donors (Lipinski definition) is 3. The molecule has 1 amide bonds. The Labute approximate surface area is 231 Å². The number of fused-ring (bicyclic) bond motifs is 1. The second-order valence-corrected chi connectivity index (χ2v) is 10.9. The Kier molecular flexibility index (Phi) is 9.52. The number of aromatic amines is 1. The lowest BCUT2D eigenvalue weighted by molar-refractivity contribution is -0.320. The third kappa shape index (κ3) is 7.45. The summed E-state index contributed by atoms with van der Waals surface area (Å²) in [4.78, 5) is 26.9. The summed E-state index contributed by atoms with van der Waals surface area (Å²) in [5.74, 6) is -2.58. The summed E-state index contributed by atoms with van der Waals surface area (Å²) in [5.41, 5.74) is 2.06. The number of aliphatic carboxylic acids is 1. The van der Waals surface area contributed by atoms with Gasteiger partial charge in [-0.3, -0.25) is 4.79 Å². The van der Waals surface area contributed by atoms with Gasteiger partial charge in [0.2, 0.25) is 15.9 Å². The van der Waals surface area contributed by atoms with Crippen LogP contribution in [0, 0.1) is 0 Å². The van der Waals surface area contributed by atoms with Gasteiger partial charge in [-0.1, -0.05) is 54.6 Å². The molecule has 1 heterocycles. The highest BCUT2D eigenvalue weighted by Gasteiger charge is 2.27. The molecule has 9 nitrogen and oxygen atoms in total. The number of carbonyl (C=O) groups is 2. The fourth-order valence-corrected chi connectivity index (χ4v) is 5.54. The summed E-state index contributed by atoms with van der Waals surface area (Å²) in [6.07, 6.45) is 1.25. The van der Waals surface area contributed by atoms with Crippen LogP contribution in [0.2, 0.25) is 0 Å². The Morgan fingerprint density at radius 3 is 2.35 bits per heavy atom. The molecule has 2 atom stereocenters. The van der Waals surface area contributed by atoms with Gasteiger partial charge >= 0.3 is 0 Å². The Morgan fingerprint density at radius 2 is 1.65 bits per heavy atom. The molecule has 0 radical (unpaired) electrons. The van der Waals surface area contributed by atoms with Crippen molar-refractivity contribution in [2.75, 3.05) is 6.54 Å². The molecule has 0 fully saturated rings. The van der Waals surface area contributed by atoms with Crippen molar-refractivity contribution in [1.82, 2.24) is 15.0 Å². The van der Waals surface area contributed by atoms with Gasteiger partial charge in [0.1, 0.15) is 17.8 Å². The van der Waals surface area contributed by atoms with Gasteiger partial charge in [0.05, 0.1) is 10.4 Å². The van der Waals surface area contributed by atoms with E-state index in [0.717, 1.165) is 12.8 Å². The molecule has 3 N–H and O–H groups in total. The van der Waals surface area contributed by atoms with Gasteiger partial charge in [-0.2, -0.15) is 9.11 Å². The number of H-pyrrole nitrogens is 1. The first-order valence-corrected chi connectivity index (χ1v) is 14.2.